The molecule has 0 saturated heterocycles. The molecule has 0 N–H and O–H groups in total. The Morgan fingerprint density at radius 3 is 2.60 bits per heavy atom. The molecule has 30 heavy (non-hydrogen) atoms. The third kappa shape index (κ3) is 3.80. The highest BCUT2D eigenvalue weighted by molar-refractivity contribution is 5.81. The van der Waals surface area contributed by atoms with Gasteiger partial charge in [-0.15, -0.1) is 10.2 Å². The molecule has 0 fully saturated rings. The van der Waals surface area contributed by atoms with Gasteiger partial charge in [0.1, 0.15) is 5.75 Å². The Morgan fingerprint density at radius 2 is 1.87 bits per heavy atom. The molecule has 0 bridgehead atoms. The fourth-order valence-corrected chi connectivity index (χ4v) is 3.83. The van der Waals surface area contributed by atoms with Crippen molar-refractivity contribution in [3.8, 4) is 5.75 Å². The topological polar surface area (TPSA) is 64.7 Å². The average Bonchev–Trinajstić information content (AvgIpc) is 3.16. The number of aromatic nitrogens is 4. The molecule has 0 aliphatic rings. The fraction of sp³-hybridized carbons (Fsp3) is 0.348. The van der Waals surface area contributed by atoms with Crippen LogP contribution in [-0.4, -0.2) is 44.8 Å². The second-order valence-electron chi connectivity index (χ2n) is 7.83. The zero-order valence-electron chi connectivity index (χ0n) is 17.9. The van der Waals surface area contributed by atoms with E-state index in [0.717, 1.165) is 42.0 Å². The summed E-state index contributed by atoms with van der Waals surface area (Å²) < 4.78 is 8.78. The van der Waals surface area contributed by atoms with Gasteiger partial charge in [0, 0.05) is 7.05 Å². The Labute approximate surface area is 175 Å². The van der Waals surface area contributed by atoms with Crippen LogP contribution in [0.4, 0.5) is 0 Å². The minimum atomic E-state index is -0.0482. The van der Waals surface area contributed by atoms with Crippen LogP contribution in [0.5, 0.6) is 5.75 Å². The number of ether oxygens (including phenoxy) is 1. The van der Waals surface area contributed by atoms with E-state index < -0.39 is 0 Å². The number of rotatable bonds is 7. The first-order valence-electron chi connectivity index (χ1n) is 10.1. The highest BCUT2D eigenvalue weighted by Crippen LogP contribution is 2.17. The van der Waals surface area contributed by atoms with Gasteiger partial charge < -0.3 is 4.74 Å². The lowest BCUT2D eigenvalue weighted by atomic mass is 10.1. The normalized spacial score (nSPS) is 11.6. The zero-order chi connectivity index (χ0) is 21.3. The predicted molar refractivity (Wildman–Crippen MR) is 118 cm³/mol. The van der Waals surface area contributed by atoms with Gasteiger partial charge in [-0.1, -0.05) is 23.8 Å². The fourth-order valence-electron chi connectivity index (χ4n) is 3.83. The van der Waals surface area contributed by atoms with Crippen molar-refractivity contribution in [2.45, 2.75) is 26.3 Å². The molecule has 0 saturated carbocycles. The molecule has 0 spiro atoms. The molecule has 0 aliphatic carbocycles. The van der Waals surface area contributed by atoms with Gasteiger partial charge in [0.2, 0.25) is 5.78 Å². The first-order valence-corrected chi connectivity index (χ1v) is 10.1. The number of hydrogen-bond acceptors (Lipinski definition) is 5. The van der Waals surface area contributed by atoms with E-state index in [9.17, 15) is 4.79 Å². The maximum atomic E-state index is 12.7. The first-order chi connectivity index (χ1) is 14.5. The van der Waals surface area contributed by atoms with Gasteiger partial charge in [0.05, 0.1) is 24.6 Å². The van der Waals surface area contributed by atoms with E-state index in [2.05, 4.69) is 34.3 Å². The Bertz CT molecular complexity index is 1240. The number of fused-ring (bicyclic) bond motifs is 3. The summed E-state index contributed by atoms with van der Waals surface area (Å²) in [4.78, 5) is 14.9. The van der Waals surface area contributed by atoms with Gasteiger partial charge in [-0.05, 0) is 63.2 Å². The first kappa shape index (κ1) is 20.1. The summed E-state index contributed by atoms with van der Waals surface area (Å²) in [7, 11) is 5.51. The number of hydrogen-bond donors (Lipinski definition) is 0. The molecule has 2 aromatic heterocycles. The van der Waals surface area contributed by atoms with Crippen molar-refractivity contribution in [1.82, 2.24) is 24.1 Å². The summed E-state index contributed by atoms with van der Waals surface area (Å²) in [5.74, 6) is 2.28. The third-order valence-corrected chi connectivity index (χ3v) is 5.52. The van der Waals surface area contributed by atoms with Crippen LogP contribution in [0.2, 0.25) is 0 Å². The largest absolute Gasteiger partial charge is 0.497 e. The second kappa shape index (κ2) is 8.28. The quantitative estimate of drug-likeness (QED) is 0.473. The lowest BCUT2D eigenvalue weighted by molar-refractivity contribution is 0.313. The molecular weight excluding hydrogens is 378 g/mol. The number of nitrogens with zero attached hydrogens (tertiary/aromatic N) is 5. The smallest absolute Gasteiger partial charge is 0.262 e. The number of methoxy groups -OCH3 is 1. The molecule has 7 heteroatoms. The zero-order valence-corrected chi connectivity index (χ0v) is 17.9. The number of benzene rings is 2. The summed E-state index contributed by atoms with van der Waals surface area (Å²) >= 11 is 0. The predicted octanol–water partition coefficient (Wildman–Crippen LogP) is 2.96. The van der Waals surface area contributed by atoms with Crippen molar-refractivity contribution < 1.29 is 4.74 Å². The molecule has 156 valence electrons. The maximum Gasteiger partial charge on any atom is 0.262 e. The molecule has 2 heterocycles. The van der Waals surface area contributed by atoms with Crippen LogP contribution in [0.1, 0.15) is 23.4 Å². The van der Waals surface area contributed by atoms with Gasteiger partial charge >= 0.3 is 0 Å². The molecule has 0 unspecified atom stereocenters. The molecule has 0 atom stereocenters. The Hall–Kier alpha value is -3.19. The summed E-state index contributed by atoms with van der Waals surface area (Å²) in [5.41, 5.74) is 3.16. The van der Waals surface area contributed by atoms with Crippen LogP contribution < -0.4 is 10.3 Å². The standard InChI is InChI=1S/C23H27N5O2/c1-16-7-12-20-19(14-16)22(29)27(3)23-25-24-21(28(20)23)15-26(2)13-5-6-17-8-10-18(30-4)11-9-17/h7-12,14H,5-6,13,15H2,1-4H3. The third-order valence-electron chi connectivity index (χ3n) is 5.52. The highest BCUT2D eigenvalue weighted by Gasteiger charge is 2.16. The molecule has 0 aliphatic heterocycles. The van der Waals surface area contributed by atoms with Gasteiger partial charge in [-0.2, -0.15) is 0 Å². The van der Waals surface area contributed by atoms with Crippen molar-refractivity contribution in [2.24, 2.45) is 7.05 Å². The van der Waals surface area contributed by atoms with Gasteiger partial charge in [0.15, 0.2) is 5.82 Å². The molecule has 4 aromatic rings. The lowest BCUT2D eigenvalue weighted by Crippen LogP contribution is -2.23. The van der Waals surface area contributed by atoms with Crippen LogP contribution in [0.25, 0.3) is 16.7 Å². The van der Waals surface area contributed by atoms with Crippen molar-refractivity contribution in [3.63, 3.8) is 0 Å². The Balaban J connectivity index is 1.52. The minimum absolute atomic E-state index is 0.0482. The van der Waals surface area contributed by atoms with E-state index in [4.69, 9.17) is 4.74 Å². The van der Waals surface area contributed by atoms with Crippen LogP contribution in [-0.2, 0) is 20.0 Å². The molecule has 4 rings (SSSR count). The lowest BCUT2D eigenvalue weighted by Gasteiger charge is -2.16. The van der Waals surface area contributed by atoms with Crippen LogP contribution in [0, 0.1) is 6.92 Å². The van der Waals surface area contributed by atoms with Crippen molar-refractivity contribution in [1.29, 1.82) is 0 Å². The SMILES string of the molecule is COc1ccc(CCCN(C)Cc2nnc3n(C)c(=O)c4cc(C)ccc4n23)cc1. The monoisotopic (exact) mass is 405 g/mol. The molecular formula is C23H27N5O2. The summed E-state index contributed by atoms with van der Waals surface area (Å²) in [6.45, 7) is 3.58. The van der Waals surface area contributed by atoms with E-state index in [1.165, 1.54) is 5.56 Å². The van der Waals surface area contributed by atoms with Crippen LogP contribution >= 0.6 is 0 Å². The molecule has 0 amide bonds. The summed E-state index contributed by atoms with van der Waals surface area (Å²) in [5, 5.41) is 9.37. The summed E-state index contributed by atoms with van der Waals surface area (Å²) in [6, 6.07) is 14.1. The van der Waals surface area contributed by atoms with Crippen LogP contribution in [0.15, 0.2) is 47.3 Å². The van der Waals surface area contributed by atoms with E-state index in [1.807, 2.05) is 41.7 Å². The summed E-state index contributed by atoms with van der Waals surface area (Å²) in [6.07, 6.45) is 2.05. The maximum absolute atomic E-state index is 12.7. The van der Waals surface area contributed by atoms with E-state index in [1.54, 1.807) is 18.7 Å². The number of aryl methyl sites for hydroxylation is 3. The minimum Gasteiger partial charge on any atom is -0.497 e. The average molecular weight is 406 g/mol. The highest BCUT2D eigenvalue weighted by atomic mass is 16.5. The van der Waals surface area contributed by atoms with Crippen molar-refractivity contribution in [3.05, 3.63) is 69.8 Å². The Morgan fingerprint density at radius 1 is 1.10 bits per heavy atom. The Kier molecular flexibility index (Phi) is 5.55. The molecule has 2 aromatic carbocycles. The van der Waals surface area contributed by atoms with Gasteiger partial charge in [-0.25, -0.2) is 0 Å². The van der Waals surface area contributed by atoms with Crippen LogP contribution in [0.3, 0.4) is 0 Å². The van der Waals surface area contributed by atoms with Gasteiger partial charge in [0.25, 0.3) is 5.56 Å². The van der Waals surface area contributed by atoms with Gasteiger partial charge in [-0.3, -0.25) is 18.7 Å². The van der Waals surface area contributed by atoms with Crippen molar-refractivity contribution in [2.75, 3.05) is 20.7 Å². The van der Waals surface area contributed by atoms with Crippen molar-refractivity contribution >= 4 is 16.7 Å². The van der Waals surface area contributed by atoms with E-state index >= 15 is 0 Å². The molecule has 0 radical (unpaired) electrons. The molecule has 7 nitrogen and oxygen atoms in total. The van der Waals surface area contributed by atoms with E-state index in [0.29, 0.717) is 17.7 Å². The van der Waals surface area contributed by atoms with E-state index in [-0.39, 0.29) is 5.56 Å². The second-order valence-corrected chi connectivity index (χ2v) is 7.83.